The lowest BCUT2D eigenvalue weighted by Crippen LogP contribution is -2.03. The fraction of sp³-hybridized carbons (Fsp3) is 0.300. The first-order chi connectivity index (χ1) is 7.69. The van der Waals surface area contributed by atoms with E-state index in [4.69, 9.17) is 11.6 Å². The van der Waals surface area contributed by atoms with Gasteiger partial charge in [-0.2, -0.15) is 5.10 Å². The molecule has 0 amide bonds. The van der Waals surface area contributed by atoms with E-state index in [1.165, 1.54) is 0 Å². The molecule has 2 aromatic rings. The van der Waals surface area contributed by atoms with Gasteiger partial charge in [0.15, 0.2) is 5.82 Å². The molecule has 0 aliphatic carbocycles. The standard InChI is InChI=1S/C10H10BrClN4/c1-2-3-9-14-8(11)4-10(15-9)16-6-7(12)5-13-16/h4-6H,2-3H2,1H3. The predicted octanol–water partition coefficient (Wildman–Crippen LogP) is 3.03. The number of aromatic nitrogens is 4. The van der Waals surface area contributed by atoms with Gasteiger partial charge in [-0.3, -0.25) is 0 Å². The summed E-state index contributed by atoms with van der Waals surface area (Å²) in [6.07, 6.45) is 5.15. The topological polar surface area (TPSA) is 43.6 Å². The molecule has 0 fully saturated rings. The van der Waals surface area contributed by atoms with E-state index in [2.05, 4.69) is 37.9 Å². The summed E-state index contributed by atoms with van der Waals surface area (Å²) in [5.74, 6) is 1.52. The van der Waals surface area contributed by atoms with Crippen molar-refractivity contribution in [2.45, 2.75) is 19.8 Å². The maximum Gasteiger partial charge on any atom is 0.158 e. The third kappa shape index (κ3) is 2.59. The van der Waals surface area contributed by atoms with Gasteiger partial charge in [-0.1, -0.05) is 18.5 Å². The van der Waals surface area contributed by atoms with Crippen molar-refractivity contribution in [3.63, 3.8) is 0 Å². The van der Waals surface area contributed by atoms with Crippen LogP contribution in [0, 0.1) is 0 Å². The lowest BCUT2D eigenvalue weighted by Gasteiger charge is -2.03. The van der Waals surface area contributed by atoms with E-state index in [0.29, 0.717) is 5.02 Å². The highest BCUT2D eigenvalue weighted by Gasteiger charge is 2.05. The Morgan fingerprint density at radius 3 is 2.88 bits per heavy atom. The Morgan fingerprint density at radius 2 is 2.25 bits per heavy atom. The molecule has 0 radical (unpaired) electrons. The van der Waals surface area contributed by atoms with Crippen LogP contribution in [0.15, 0.2) is 23.1 Å². The minimum atomic E-state index is 0.590. The summed E-state index contributed by atoms with van der Waals surface area (Å²) in [5, 5.41) is 4.69. The first-order valence-corrected chi connectivity index (χ1v) is 6.10. The van der Waals surface area contributed by atoms with E-state index in [1.54, 1.807) is 17.1 Å². The summed E-state index contributed by atoms with van der Waals surface area (Å²) in [4.78, 5) is 8.69. The van der Waals surface area contributed by atoms with E-state index < -0.39 is 0 Å². The zero-order valence-electron chi connectivity index (χ0n) is 8.69. The summed E-state index contributed by atoms with van der Waals surface area (Å²) in [5.41, 5.74) is 0. The highest BCUT2D eigenvalue weighted by Crippen LogP contribution is 2.14. The van der Waals surface area contributed by atoms with Gasteiger partial charge in [-0.15, -0.1) is 0 Å². The molecule has 0 aliphatic heterocycles. The van der Waals surface area contributed by atoms with Gasteiger partial charge in [-0.25, -0.2) is 14.6 Å². The molecule has 2 aromatic heterocycles. The molecule has 0 aromatic carbocycles. The Hall–Kier alpha value is -0.940. The van der Waals surface area contributed by atoms with Crippen molar-refractivity contribution in [3.05, 3.63) is 33.9 Å². The Kier molecular flexibility index (Phi) is 3.56. The molecule has 0 atom stereocenters. The fourth-order valence-corrected chi connectivity index (χ4v) is 1.88. The molecule has 0 saturated heterocycles. The number of aryl methyl sites for hydroxylation is 1. The van der Waals surface area contributed by atoms with E-state index in [0.717, 1.165) is 29.1 Å². The van der Waals surface area contributed by atoms with Crippen LogP contribution in [0.1, 0.15) is 19.2 Å². The molecule has 0 aliphatic rings. The van der Waals surface area contributed by atoms with Crippen molar-refractivity contribution < 1.29 is 0 Å². The Morgan fingerprint density at radius 1 is 1.44 bits per heavy atom. The van der Waals surface area contributed by atoms with E-state index in [-0.39, 0.29) is 0 Å². The molecular weight excluding hydrogens is 291 g/mol. The minimum Gasteiger partial charge on any atom is -0.226 e. The number of hydrogen-bond acceptors (Lipinski definition) is 3. The third-order valence-corrected chi connectivity index (χ3v) is 2.59. The molecule has 16 heavy (non-hydrogen) atoms. The van der Waals surface area contributed by atoms with Crippen molar-refractivity contribution in [2.24, 2.45) is 0 Å². The van der Waals surface area contributed by atoms with E-state index >= 15 is 0 Å². The molecule has 84 valence electrons. The molecule has 0 bridgehead atoms. The Balaban J connectivity index is 2.40. The van der Waals surface area contributed by atoms with Gasteiger partial charge in [0.05, 0.1) is 17.4 Å². The maximum absolute atomic E-state index is 5.81. The molecule has 0 spiro atoms. The van der Waals surface area contributed by atoms with Gasteiger partial charge in [0.2, 0.25) is 0 Å². The smallest absolute Gasteiger partial charge is 0.158 e. The van der Waals surface area contributed by atoms with E-state index in [1.807, 2.05) is 6.07 Å². The summed E-state index contributed by atoms with van der Waals surface area (Å²) in [6.45, 7) is 2.09. The zero-order chi connectivity index (χ0) is 11.5. The largest absolute Gasteiger partial charge is 0.226 e. The van der Waals surface area contributed by atoms with Gasteiger partial charge >= 0.3 is 0 Å². The lowest BCUT2D eigenvalue weighted by atomic mass is 10.3. The van der Waals surface area contributed by atoms with Crippen LogP contribution in [0.25, 0.3) is 5.82 Å². The highest BCUT2D eigenvalue weighted by atomic mass is 79.9. The Labute approximate surface area is 107 Å². The molecular formula is C10H10BrClN4. The quantitative estimate of drug-likeness (QED) is 0.819. The molecule has 2 rings (SSSR count). The first kappa shape index (κ1) is 11.5. The number of rotatable bonds is 3. The molecule has 0 unspecified atom stereocenters. The van der Waals surface area contributed by atoms with Crippen LogP contribution in [0.2, 0.25) is 5.02 Å². The summed E-state index contributed by atoms with van der Waals surface area (Å²) >= 11 is 9.17. The van der Waals surface area contributed by atoms with Crippen LogP contribution < -0.4 is 0 Å². The second-order valence-corrected chi connectivity index (χ2v) is 4.57. The van der Waals surface area contributed by atoms with Crippen molar-refractivity contribution in [1.29, 1.82) is 0 Å². The van der Waals surface area contributed by atoms with Crippen LogP contribution in [0.5, 0.6) is 0 Å². The minimum absolute atomic E-state index is 0.590. The van der Waals surface area contributed by atoms with Gasteiger partial charge < -0.3 is 0 Å². The van der Waals surface area contributed by atoms with Crippen LogP contribution in [-0.4, -0.2) is 19.7 Å². The van der Waals surface area contributed by atoms with Gasteiger partial charge in [0, 0.05) is 12.5 Å². The van der Waals surface area contributed by atoms with E-state index in [9.17, 15) is 0 Å². The number of nitrogens with zero attached hydrogens (tertiary/aromatic N) is 4. The average molecular weight is 302 g/mol. The van der Waals surface area contributed by atoms with Gasteiger partial charge in [-0.05, 0) is 22.4 Å². The van der Waals surface area contributed by atoms with Crippen molar-refractivity contribution in [2.75, 3.05) is 0 Å². The van der Waals surface area contributed by atoms with Crippen LogP contribution in [0.4, 0.5) is 0 Å². The molecule has 2 heterocycles. The molecule has 4 nitrogen and oxygen atoms in total. The summed E-state index contributed by atoms with van der Waals surface area (Å²) in [7, 11) is 0. The number of hydrogen-bond donors (Lipinski definition) is 0. The monoisotopic (exact) mass is 300 g/mol. The van der Waals surface area contributed by atoms with Gasteiger partial charge in [0.25, 0.3) is 0 Å². The van der Waals surface area contributed by atoms with Crippen LogP contribution in [-0.2, 0) is 6.42 Å². The zero-order valence-corrected chi connectivity index (χ0v) is 11.0. The van der Waals surface area contributed by atoms with Crippen molar-refractivity contribution in [3.8, 4) is 5.82 Å². The SMILES string of the molecule is CCCc1nc(Br)cc(-n2cc(Cl)cn2)n1. The second kappa shape index (κ2) is 4.93. The second-order valence-electron chi connectivity index (χ2n) is 3.32. The van der Waals surface area contributed by atoms with Crippen molar-refractivity contribution in [1.82, 2.24) is 19.7 Å². The molecule has 0 N–H and O–H groups in total. The van der Waals surface area contributed by atoms with Crippen LogP contribution >= 0.6 is 27.5 Å². The molecule has 6 heteroatoms. The summed E-state index contributed by atoms with van der Waals surface area (Å²) in [6, 6.07) is 1.81. The lowest BCUT2D eigenvalue weighted by molar-refractivity contribution is 0.780. The van der Waals surface area contributed by atoms with Crippen molar-refractivity contribution >= 4 is 27.5 Å². The highest BCUT2D eigenvalue weighted by molar-refractivity contribution is 9.10. The Bertz CT molecular complexity index is 497. The first-order valence-electron chi connectivity index (χ1n) is 4.93. The summed E-state index contributed by atoms with van der Waals surface area (Å²) < 4.78 is 2.39. The predicted molar refractivity (Wildman–Crippen MR) is 65.9 cm³/mol. The maximum atomic E-state index is 5.81. The fourth-order valence-electron chi connectivity index (χ4n) is 1.33. The average Bonchev–Trinajstić information content (AvgIpc) is 2.64. The third-order valence-electron chi connectivity index (χ3n) is 1.99. The van der Waals surface area contributed by atoms with Gasteiger partial charge in [0.1, 0.15) is 10.4 Å². The molecule has 0 saturated carbocycles. The normalized spacial score (nSPS) is 10.7. The number of halogens is 2. The van der Waals surface area contributed by atoms with Crippen LogP contribution in [0.3, 0.4) is 0 Å².